The normalized spacial score (nSPS) is 43.1. The minimum Gasteiger partial charge on any atom is -0.388 e. The lowest BCUT2D eigenvalue weighted by atomic mass is 9.60. The van der Waals surface area contributed by atoms with E-state index < -0.39 is 11.0 Å². The summed E-state index contributed by atoms with van der Waals surface area (Å²) in [4.78, 5) is 2.45. The van der Waals surface area contributed by atoms with Crippen molar-refractivity contribution in [2.75, 3.05) is 19.6 Å². The summed E-state index contributed by atoms with van der Waals surface area (Å²) in [5.41, 5.74) is -1.16. The van der Waals surface area contributed by atoms with Crippen LogP contribution in [0.25, 0.3) is 0 Å². The van der Waals surface area contributed by atoms with E-state index in [4.69, 9.17) is 0 Å². The molecule has 1 N–H and O–H groups in total. The Bertz CT molecular complexity index is 354. The summed E-state index contributed by atoms with van der Waals surface area (Å²) in [6.45, 7) is 3.12. The van der Waals surface area contributed by atoms with Crippen LogP contribution < -0.4 is 0 Å². The molecule has 3 atom stereocenters. The Balaban J connectivity index is 1.91. The predicted molar refractivity (Wildman–Crippen MR) is 69.9 cm³/mol. The molecule has 0 radical (unpaired) electrons. The highest BCUT2D eigenvalue weighted by atomic mass is 16.3. The van der Waals surface area contributed by atoms with Crippen molar-refractivity contribution in [1.29, 1.82) is 5.26 Å². The maximum Gasteiger partial charge on any atom is 0.0886 e. The van der Waals surface area contributed by atoms with Crippen molar-refractivity contribution < 1.29 is 5.11 Å². The molecule has 0 spiro atoms. The van der Waals surface area contributed by atoms with Gasteiger partial charge < -0.3 is 10.0 Å². The van der Waals surface area contributed by atoms with E-state index in [1.807, 2.05) is 0 Å². The Labute approximate surface area is 110 Å². The van der Waals surface area contributed by atoms with Crippen molar-refractivity contribution in [2.45, 2.75) is 57.0 Å². The Morgan fingerprint density at radius 1 is 1.06 bits per heavy atom. The molecule has 2 heterocycles. The van der Waals surface area contributed by atoms with Crippen LogP contribution in [0.2, 0.25) is 0 Å². The Morgan fingerprint density at radius 3 is 2.44 bits per heavy atom. The highest BCUT2D eigenvalue weighted by Gasteiger charge is 2.57. The molecule has 3 rings (SSSR count). The van der Waals surface area contributed by atoms with Crippen molar-refractivity contribution in [3.8, 4) is 6.07 Å². The molecule has 18 heavy (non-hydrogen) atoms. The zero-order valence-electron chi connectivity index (χ0n) is 11.2. The van der Waals surface area contributed by atoms with Crippen LogP contribution in [-0.2, 0) is 0 Å². The molecule has 2 aliphatic heterocycles. The average Bonchev–Trinajstić information content (AvgIpc) is 2.64. The highest BCUT2D eigenvalue weighted by molar-refractivity contribution is 5.17. The Hall–Kier alpha value is -0.590. The summed E-state index contributed by atoms with van der Waals surface area (Å²) in [5.74, 6) is 0.337. The highest BCUT2D eigenvalue weighted by Crippen LogP contribution is 2.52. The first-order valence-corrected chi connectivity index (χ1v) is 7.56. The van der Waals surface area contributed by atoms with Gasteiger partial charge in [-0.15, -0.1) is 0 Å². The molecular formula is C15H24N2O. The summed E-state index contributed by atoms with van der Waals surface area (Å²) in [7, 11) is 0. The van der Waals surface area contributed by atoms with Crippen molar-refractivity contribution in [2.24, 2.45) is 11.3 Å². The van der Waals surface area contributed by atoms with Gasteiger partial charge in [-0.2, -0.15) is 5.26 Å². The lowest BCUT2D eigenvalue weighted by Crippen LogP contribution is -2.57. The van der Waals surface area contributed by atoms with Crippen LogP contribution in [0.3, 0.4) is 0 Å². The van der Waals surface area contributed by atoms with Gasteiger partial charge in [-0.25, -0.2) is 0 Å². The number of fused-ring (bicyclic) bond motifs is 2. The first kappa shape index (κ1) is 12.4. The largest absolute Gasteiger partial charge is 0.388 e. The molecule has 0 aromatic heterocycles. The van der Waals surface area contributed by atoms with Crippen LogP contribution in [0.15, 0.2) is 0 Å². The summed E-state index contributed by atoms with van der Waals surface area (Å²) < 4.78 is 0. The second-order valence-corrected chi connectivity index (χ2v) is 6.57. The summed E-state index contributed by atoms with van der Waals surface area (Å²) in [5, 5.41) is 21.1. The van der Waals surface area contributed by atoms with Gasteiger partial charge in [0, 0.05) is 19.0 Å². The van der Waals surface area contributed by atoms with Gasteiger partial charge in [-0.05, 0) is 32.2 Å². The van der Waals surface area contributed by atoms with Crippen molar-refractivity contribution in [1.82, 2.24) is 4.90 Å². The van der Waals surface area contributed by atoms with Crippen LogP contribution >= 0.6 is 0 Å². The van der Waals surface area contributed by atoms with Crippen LogP contribution in [-0.4, -0.2) is 35.2 Å². The molecule has 3 heteroatoms. The SMILES string of the molecule is N#CC1(C2(O)CCN3CCC2C3)CCCCCC1. The molecule has 0 aromatic rings. The molecule has 2 saturated heterocycles. The predicted octanol–water partition coefficient (Wildman–Crippen LogP) is 2.31. The van der Waals surface area contributed by atoms with Crippen LogP contribution in [0.5, 0.6) is 0 Å². The van der Waals surface area contributed by atoms with E-state index in [0.717, 1.165) is 58.2 Å². The van der Waals surface area contributed by atoms with Gasteiger partial charge in [-0.1, -0.05) is 25.7 Å². The van der Waals surface area contributed by atoms with Gasteiger partial charge in [0.25, 0.3) is 0 Å². The van der Waals surface area contributed by atoms with E-state index in [0.29, 0.717) is 5.92 Å². The lowest BCUT2D eigenvalue weighted by Gasteiger charge is -2.49. The third kappa shape index (κ3) is 1.70. The summed E-state index contributed by atoms with van der Waals surface area (Å²) in [6.07, 6.45) is 8.42. The third-order valence-electron chi connectivity index (χ3n) is 5.76. The average molecular weight is 248 g/mol. The standard InChI is InChI=1S/C15H24N2O/c16-12-14(6-3-1-2-4-7-14)15(18)8-10-17-9-5-13(15)11-17/h13,18H,1-11H2. The third-order valence-corrected chi connectivity index (χ3v) is 5.76. The second kappa shape index (κ2) is 4.51. The van der Waals surface area contributed by atoms with E-state index >= 15 is 0 Å². The lowest BCUT2D eigenvalue weighted by molar-refractivity contribution is -0.126. The first-order valence-electron chi connectivity index (χ1n) is 7.56. The van der Waals surface area contributed by atoms with E-state index in [1.54, 1.807) is 0 Å². The van der Waals surface area contributed by atoms with Gasteiger partial charge in [0.15, 0.2) is 0 Å². The van der Waals surface area contributed by atoms with Gasteiger partial charge in [-0.3, -0.25) is 0 Å². The molecule has 0 aromatic carbocycles. The molecule has 3 nitrogen and oxygen atoms in total. The molecule has 2 bridgehead atoms. The van der Waals surface area contributed by atoms with Crippen LogP contribution in [0, 0.1) is 22.7 Å². The maximum absolute atomic E-state index is 11.3. The van der Waals surface area contributed by atoms with E-state index in [2.05, 4.69) is 11.0 Å². The van der Waals surface area contributed by atoms with Crippen LogP contribution in [0.4, 0.5) is 0 Å². The van der Waals surface area contributed by atoms with E-state index in [9.17, 15) is 10.4 Å². The molecule has 3 fully saturated rings. The topological polar surface area (TPSA) is 47.3 Å². The number of nitriles is 1. The molecule has 1 saturated carbocycles. The maximum atomic E-state index is 11.3. The molecule has 0 amide bonds. The molecule has 1 aliphatic carbocycles. The van der Waals surface area contributed by atoms with E-state index in [-0.39, 0.29) is 0 Å². The Morgan fingerprint density at radius 2 is 1.78 bits per heavy atom. The van der Waals surface area contributed by atoms with Crippen LogP contribution in [0.1, 0.15) is 51.4 Å². The van der Waals surface area contributed by atoms with Gasteiger partial charge >= 0.3 is 0 Å². The minimum atomic E-state index is -0.709. The molecule has 3 aliphatic rings. The fourth-order valence-electron chi connectivity index (χ4n) is 4.56. The number of piperidine rings is 1. The fourth-order valence-corrected chi connectivity index (χ4v) is 4.56. The van der Waals surface area contributed by atoms with Gasteiger partial charge in [0.2, 0.25) is 0 Å². The van der Waals surface area contributed by atoms with Gasteiger partial charge in [0.05, 0.1) is 17.1 Å². The molecule has 3 unspecified atom stereocenters. The second-order valence-electron chi connectivity index (χ2n) is 6.57. The zero-order valence-corrected chi connectivity index (χ0v) is 11.2. The zero-order chi connectivity index (χ0) is 12.6. The van der Waals surface area contributed by atoms with Crippen molar-refractivity contribution in [3.05, 3.63) is 0 Å². The number of rotatable bonds is 1. The fraction of sp³-hybridized carbons (Fsp3) is 0.933. The molecule has 100 valence electrons. The number of aliphatic hydroxyl groups is 1. The number of nitrogens with zero attached hydrogens (tertiary/aromatic N) is 2. The smallest absolute Gasteiger partial charge is 0.0886 e. The van der Waals surface area contributed by atoms with E-state index in [1.165, 1.54) is 12.8 Å². The number of hydrogen-bond donors (Lipinski definition) is 1. The number of hydrogen-bond acceptors (Lipinski definition) is 3. The summed E-state index contributed by atoms with van der Waals surface area (Å²) in [6, 6.07) is 2.58. The first-order chi connectivity index (χ1) is 8.70. The monoisotopic (exact) mass is 248 g/mol. The summed E-state index contributed by atoms with van der Waals surface area (Å²) >= 11 is 0. The quantitative estimate of drug-likeness (QED) is 0.724. The molecular weight excluding hydrogens is 224 g/mol. The van der Waals surface area contributed by atoms with Gasteiger partial charge in [0.1, 0.15) is 0 Å². The van der Waals surface area contributed by atoms with Crippen molar-refractivity contribution in [3.63, 3.8) is 0 Å². The van der Waals surface area contributed by atoms with Crippen molar-refractivity contribution >= 4 is 0 Å². The Kier molecular flexibility index (Phi) is 3.11. The minimum absolute atomic E-state index is 0.337.